The van der Waals surface area contributed by atoms with Crippen molar-refractivity contribution < 1.29 is 27.6 Å². The molecule has 0 amide bonds. The number of esters is 1. The van der Waals surface area contributed by atoms with Crippen LogP contribution in [0.5, 0.6) is 0 Å². The number of nitrogens with one attached hydrogen (secondary N) is 1. The number of anilines is 4. The van der Waals surface area contributed by atoms with Gasteiger partial charge in [0.05, 0.1) is 33.9 Å². The van der Waals surface area contributed by atoms with Crippen LogP contribution in [0.25, 0.3) is 0 Å². The van der Waals surface area contributed by atoms with E-state index < -0.39 is 33.3 Å². The molecule has 0 aliphatic heterocycles. The fourth-order valence-electron chi connectivity index (χ4n) is 2.99. The van der Waals surface area contributed by atoms with Crippen molar-refractivity contribution in [2.45, 2.75) is 6.18 Å². The molecule has 3 aromatic rings. The van der Waals surface area contributed by atoms with Gasteiger partial charge in [0.2, 0.25) is 11.6 Å². The fraction of sp³-hybridized carbons (Fsp3) is 0.150. The van der Waals surface area contributed by atoms with Crippen LogP contribution in [0.2, 0.25) is 5.02 Å². The first kappa shape index (κ1) is 23.7. The Morgan fingerprint density at radius 1 is 1.21 bits per heavy atom. The van der Waals surface area contributed by atoms with E-state index in [0.717, 1.165) is 12.4 Å². The number of ether oxygens (including phenoxy) is 1. The Morgan fingerprint density at radius 3 is 2.55 bits per heavy atom. The number of halogens is 4. The number of carbonyl (C=O) groups is 1. The molecule has 33 heavy (non-hydrogen) atoms. The van der Waals surface area contributed by atoms with Crippen LogP contribution in [0.1, 0.15) is 15.9 Å². The van der Waals surface area contributed by atoms with Gasteiger partial charge >= 0.3 is 17.8 Å². The summed E-state index contributed by atoms with van der Waals surface area (Å²) >= 11 is 5.63. The Hall–Kier alpha value is -3.93. The van der Waals surface area contributed by atoms with E-state index in [1.165, 1.54) is 37.3 Å². The van der Waals surface area contributed by atoms with E-state index in [2.05, 4.69) is 15.3 Å². The summed E-state index contributed by atoms with van der Waals surface area (Å²) in [5.41, 5.74) is -1.49. The van der Waals surface area contributed by atoms with Gasteiger partial charge in [-0.3, -0.25) is 10.1 Å². The van der Waals surface area contributed by atoms with Gasteiger partial charge in [-0.25, -0.2) is 14.8 Å². The second kappa shape index (κ2) is 9.28. The summed E-state index contributed by atoms with van der Waals surface area (Å²) in [6, 6.07) is 9.14. The maximum atomic E-state index is 13.2. The van der Waals surface area contributed by atoms with Crippen molar-refractivity contribution in [1.29, 1.82) is 0 Å². The van der Waals surface area contributed by atoms with Gasteiger partial charge in [0, 0.05) is 12.7 Å². The Kier molecular flexibility index (Phi) is 6.68. The smallest absolute Gasteiger partial charge is 0.417 e. The van der Waals surface area contributed by atoms with Crippen molar-refractivity contribution in [3.05, 3.63) is 75.1 Å². The van der Waals surface area contributed by atoms with Crippen LogP contribution in [0.3, 0.4) is 0 Å². The van der Waals surface area contributed by atoms with Crippen LogP contribution in [0, 0.1) is 10.1 Å². The van der Waals surface area contributed by atoms with Crippen LogP contribution in [0.4, 0.5) is 41.9 Å². The van der Waals surface area contributed by atoms with E-state index in [0.29, 0.717) is 6.07 Å². The lowest BCUT2D eigenvalue weighted by molar-refractivity contribution is -0.383. The number of para-hydroxylation sites is 1. The van der Waals surface area contributed by atoms with E-state index in [1.54, 1.807) is 12.1 Å². The molecule has 13 heteroatoms. The zero-order valence-corrected chi connectivity index (χ0v) is 17.8. The van der Waals surface area contributed by atoms with Gasteiger partial charge < -0.3 is 15.0 Å². The number of rotatable bonds is 6. The van der Waals surface area contributed by atoms with E-state index in [1.807, 2.05) is 0 Å². The lowest BCUT2D eigenvalue weighted by Gasteiger charge is -2.21. The second-order valence-corrected chi connectivity index (χ2v) is 6.94. The number of methoxy groups -OCH3 is 1. The van der Waals surface area contributed by atoms with Crippen LogP contribution in [-0.2, 0) is 10.9 Å². The molecule has 2 aromatic carbocycles. The number of benzene rings is 2. The van der Waals surface area contributed by atoms with E-state index in [9.17, 15) is 28.1 Å². The molecule has 0 radical (unpaired) electrons. The Morgan fingerprint density at radius 2 is 1.91 bits per heavy atom. The zero-order valence-electron chi connectivity index (χ0n) is 17.1. The standard InChI is InChI=1S/C20H15ClF3N5O4/c1-28(15-6-4-3-5-12(15)19(30)33-2)18-16(29(31)32)17(25-10-26-18)27-11-7-8-14(21)13(9-11)20(22,23)24/h3-10H,1-2H3,(H,25,26,27). The lowest BCUT2D eigenvalue weighted by Crippen LogP contribution is -2.18. The summed E-state index contributed by atoms with van der Waals surface area (Å²) < 4.78 is 44.3. The van der Waals surface area contributed by atoms with Crippen molar-refractivity contribution in [1.82, 2.24) is 9.97 Å². The van der Waals surface area contributed by atoms with Crippen LogP contribution >= 0.6 is 11.6 Å². The average molecular weight is 482 g/mol. The third kappa shape index (κ3) is 4.95. The molecule has 0 bridgehead atoms. The molecule has 0 saturated carbocycles. The number of nitro groups is 1. The number of hydrogen-bond acceptors (Lipinski definition) is 8. The maximum absolute atomic E-state index is 13.2. The summed E-state index contributed by atoms with van der Waals surface area (Å²) in [6.45, 7) is 0. The highest BCUT2D eigenvalue weighted by molar-refractivity contribution is 6.31. The van der Waals surface area contributed by atoms with Gasteiger partial charge in [0.25, 0.3) is 0 Å². The minimum Gasteiger partial charge on any atom is -0.465 e. The first-order chi connectivity index (χ1) is 15.5. The lowest BCUT2D eigenvalue weighted by atomic mass is 10.1. The van der Waals surface area contributed by atoms with Crippen molar-refractivity contribution in [3.63, 3.8) is 0 Å². The molecule has 0 fully saturated rings. The largest absolute Gasteiger partial charge is 0.465 e. The van der Waals surface area contributed by atoms with Gasteiger partial charge in [-0.1, -0.05) is 23.7 Å². The Balaban J connectivity index is 2.09. The molecular weight excluding hydrogens is 467 g/mol. The van der Waals surface area contributed by atoms with Gasteiger partial charge in [0.15, 0.2) is 0 Å². The fourth-order valence-corrected chi connectivity index (χ4v) is 3.22. The molecule has 1 N–H and O–H groups in total. The molecule has 0 saturated heterocycles. The maximum Gasteiger partial charge on any atom is 0.417 e. The number of hydrogen-bond donors (Lipinski definition) is 1. The Bertz CT molecular complexity index is 1220. The molecule has 1 heterocycles. The van der Waals surface area contributed by atoms with E-state index in [-0.39, 0.29) is 28.6 Å². The summed E-state index contributed by atoms with van der Waals surface area (Å²) in [7, 11) is 2.63. The molecule has 1 aromatic heterocycles. The third-order valence-corrected chi connectivity index (χ3v) is 4.84. The normalized spacial score (nSPS) is 11.1. The quantitative estimate of drug-likeness (QED) is 0.285. The second-order valence-electron chi connectivity index (χ2n) is 6.54. The highest BCUT2D eigenvalue weighted by atomic mass is 35.5. The summed E-state index contributed by atoms with van der Waals surface area (Å²) in [6.07, 6.45) is -3.72. The highest BCUT2D eigenvalue weighted by Gasteiger charge is 2.34. The molecule has 0 aliphatic carbocycles. The summed E-state index contributed by atoms with van der Waals surface area (Å²) in [5, 5.41) is 13.9. The predicted octanol–water partition coefficient (Wildman–Crippen LogP) is 5.36. The number of nitrogens with zero attached hydrogens (tertiary/aromatic N) is 4. The Labute approximate surface area is 189 Å². The number of aromatic nitrogens is 2. The molecule has 0 unspecified atom stereocenters. The topological polar surface area (TPSA) is 110 Å². The molecular formula is C20H15ClF3N5O4. The SMILES string of the molecule is COC(=O)c1ccccc1N(C)c1ncnc(Nc2ccc(Cl)c(C(F)(F)F)c2)c1[N+](=O)[O-]. The van der Waals surface area contributed by atoms with Gasteiger partial charge in [-0.15, -0.1) is 0 Å². The molecule has 0 aliphatic rings. The van der Waals surface area contributed by atoms with Crippen LogP contribution in [0.15, 0.2) is 48.8 Å². The van der Waals surface area contributed by atoms with Crippen LogP contribution in [-0.4, -0.2) is 35.0 Å². The van der Waals surface area contributed by atoms with Crippen molar-refractivity contribution in [3.8, 4) is 0 Å². The van der Waals surface area contributed by atoms with Crippen molar-refractivity contribution in [2.75, 3.05) is 24.4 Å². The minimum atomic E-state index is -4.73. The van der Waals surface area contributed by atoms with Gasteiger partial charge in [-0.05, 0) is 30.3 Å². The first-order valence-corrected chi connectivity index (χ1v) is 9.46. The molecule has 9 nitrogen and oxygen atoms in total. The number of carbonyl (C=O) groups excluding carboxylic acids is 1. The average Bonchev–Trinajstić information content (AvgIpc) is 2.78. The molecule has 0 atom stereocenters. The molecule has 3 rings (SSSR count). The monoisotopic (exact) mass is 481 g/mol. The van der Waals surface area contributed by atoms with Crippen LogP contribution < -0.4 is 10.2 Å². The summed E-state index contributed by atoms with van der Waals surface area (Å²) in [5.74, 6) is -1.24. The summed E-state index contributed by atoms with van der Waals surface area (Å²) in [4.78, 5) is 32.3. The highest BCUT2D eigenvalue weighted by Crippen LogP contribution is 2.39. The third-order valence-electron chi connectivity index (χ3n) is 4.51. The predicted molar refractivity (Wildman–Crippen MR) is 114 cm³/mol. The van der Waals surface area contributed by atoms with Gasteiger partial charge in [0.1, 0.15) is 6.33 Å². The van der Waals surface area contributed by atoms with Gasteiger partial charge in [-0.2, -0.15) is 13.2 Å². The molecule has 0 spiro atoms. The van der Waals surface area contributed by atoms with E-state index >= 15 is 0 Å². The molecule has 172 valence electrons. The van der Waals surface area contributed by atoms with Crippen molar-refractivity contribution in [2.24, 2.45) is 0 Å². The number of alkyl halides is 3. The van der Waals surface area contributed by atoms with E-state index in [4.69, 9.17) is 16.3 Å². The zero-order chi connectivity index (χ0) is 24.3. The first-order valence-electron chi connectivity index (χ1n) is 9.08. The van der Waals surface area contributed by atoms with Crippen molar-refractivity contribution >= 4 is 46.3 Å². The minimum absolute atomic E-state index is 0.123.